The number of ether oxygens (including phenoxy) is 2. The standard InChI is InChI=1S/C12H15IN4O4/c13-7-5-17(12(19)16-11(7)15)10-4-8(9(6-18)21-10)20-3-1-2-14/h5,8-10,18H,1,3-4,6H2,(H2,15,16,19)/t8-,9+,10+/m0/s1. The van der Waals surface area contributed by atoms with Crippen LogP contribution in [-0.2, 0) is 9.47 Å². The maximum atomic E-state index is 11.9. The number of nitrogen functional groups attached to an aromatic ring is 1. The molecule has 0 spiro atoms. The van der Waals surface area contributed by atoms with Crippen molar-refractivity contribution in [2.24, 2.45) is 0 Å². The minimum atomic E-state index is -0.566. The number of aliphatic hydroxyl groups excluding tert-OH is 1. The Hall–Kier alpha value is -1.22. The lowest BCUT2D eigenvalue weighted by Crippen LogP contribution is -2.29. The van der Waals surface area contributed by atoms with Gasteiger partial charge >= 0.3 is 5.69 Å². The van der Waals surface area contributed by atoms with Crippen molar-refractivity contribution in [1.29, 1.82) is 5.26 Å². The summed E-state index contributed by atoms with van der Waals surface area (Å²) >= 11 is 1.98. The lowest BCUT2D eigenvalue weighted by Gasteiger charge is -2.15. The molecule has 0 aromatic carbocycles. The first kappa shape index (κ1) is 16.2. The van der Waals surface area contributed by atoms with Crippen LogP contribution in [0, 0.1) is 14.9 Å². The van der Waals surface area contributed by atoms with Gasteiger partial charge in [0.1, 0.15) is 18.1 Å². The minimum absolute atomic E-state index is 0.176. The van der Waals surface area contributed by atoms with Crippen LogP contribution in [0.5, 0.6) is 0 Å². The molecule has 1 aromatic rings. The van der Waals surface area contributed by atoms with E-state index < -0.39 is 18.0 Å². The number of anilines is 1. The van der Waals surface area contributed by atoms with Crippen LogP contribution in [0.4, 0.5) is 5.82 Å². The van der Waals surface area contributed by atoms with Gasteiger partial charge in [0, 0.05) is 12.6 Å². The molecule has 3 N–H and O–H groups in total. The summed E-state index contributed by atoms with van der Waals surface area (Å²) in [5, 5.41) is 17.8. The van der Waals surface area contributed by atoms with Crippen LogP contribution in [0.2, 0.25) is 0 Å². The average molecular weight is 406 g/mol. The summed E-state index contributed by atoms with van der Waals surface area (Å²) in [5.41, 5.74) is 5.07. The Morgan fingerprint density at radius 1 is 1.71 bits per heavy atom. The van der Waals surface area contributed by atoms with Crippen LogP contribution in [0.25, 0.3) is 0 Å². The SMILES string of the molecule is N#CCCO[C@H]1C[C@H](n2cc(I)c(N)nc2=O)O[C@@H]1CO. The molecular weight excluding hydrogens is 391 g/mol. The number of hydrogen-bond donors (Lipinski definition) is 2. The molecule has 0 bridgehead atoms. The molecule has 0 radical (unpaired) electrons. The number of hydrogen-bond acceptors (Lipinski definition) is 7. The van der Waals surface area contributed by atoms with Gasteiger partial charge in [0.25, 0.3) is 0 Å². The molecule has 2 heterocycles. The highest BCUT2D eigenvalue weighted by molar-refractivity contribution is 14.1. The quantitative estimate of drug-likeness (QED) is 0.522. The van der Waals surface area contributed by atoms with Gasteiger partial charge in [0.15, 0.2) is 0 Å². The smallest absolute Gasteiger partial charge is 0.351 e. The van der Waals surface area contributed by atoms with Gasteiger partial charge in [-0.3, -0.25) is 4.57 Å². The van der Waals surface area contributed by atoms with Gasteiger partial charge in [-0.1, -0.05) is 0 Å². The van der Waals surface area contributed by atoms with Crippen LogP contribution in [0.3, 0.4) is 0 Å². The summed E-state index contributed by atoms with van der Waals surface area (Å²) in [6, 6.07) is 1.98. The fourth-order valence-electron chi connectivity index (χ4n) is 2.13. The highest BCUT2D eigenvalue weighted by Crippen LogP contribution is 2.30. The third-order valence-electron chi connectivity index (χ3n) is 3.15. The van der Waals surface area contributed by atoms with Crippen LogP contribution in [-0.4, -0.2) is 40.1 Å². The molecule has 2 rings (SSSR count). The van der Waals surface area contributed by atoms with Gasteiger partial charge in [0.2, 0.25) is 0 Å². The summed E-state index contributed by atoms with van der Waals surface area (Å²) in [4.78, 5) is 15.6. The van der Waals surface area contributed by atoms with E-state index >= 15 is 0 Å². The highest BCUT2D eigenvalue weighted by atomic mass is 127. The van der Waals surface area contributed by atoms with Gasteiger partial charge in [0.05, 0.1) is 35.4 Å². The van der Waals surface area contributed by atoms with E-state index in [1.165, 1.54) is 4.57 Å². The number of rotatable bonds is 5. The van der Waals surface area contributed by atoms with Crippen LogP contribution >= 0.6 is 22.6 Å². The number of nitriles is 1. The second kappa shape index (κ2) is 7.17. The third kappa shape index (κ3) is 3.70. The molecule has 1 saturated heterocycles. The summed E-state index contributed by atoms with van der Waals surface area (Å²) in [6.45, 7) is 0.0438. The molecule has 1 fully saturated rings. The van der Waals surface area contributed by atoms with Gasteiger partial charge in [-0.05, 0) is 22.6 Å². The molecule has 9 heteroatoms. The lowest BCUT2D eigenvalue weighted by molar-refractivity contribution is -0.0614. The van der Waals surface area contributed by atoms with E-state index in [1.54, 1.807) is 6.20 Å². The normalized spacial score (nSPS) is 24.9. The predicted octanol–water partition coefficient (Wildman–Crippen LogP) is 0.00878. The maximum Gasteiger partial charge on any atom is 0.351 e. The Balaban J connectivity index is 2.14. The molecule has 0 unspecified atom stereocenters. The number of nitrogens with zero attached hydrogens (tertiary/aromatic N) is 3. The lowest BCUT2D eigenvalue weighted by atomic mass is 10.2. The van der Waals surface area contributed by atoms with E-state index in [1.807, 2.05) is 28.7 Å². The van der Waals surface area contributed by atoms with Crippen molar-refractivity contribution in [1.82, 2.24) is 9.55 Å². The van der Waals surface area contributed by atoms with Crippen molar-refractivity contribution < 1.29 is 14.6 Å². The third-order valence-corrected chi connectivity index (χ3v) is 3.98. The Morgan fingerprint density at radius 3 is 3.14 bits per heavy atom. The summed E-state index contributed by atoms with van der Waals surface area (Å²) < 4.78 is 13.1. The van der Waals surface area contributed by atoms with E-state index in [2.05, 4.69) is 4.98 Å². The van der Waals surface area contributed by atoms with Crippen molar-refractivity contribution in [3.8, 4) is 6.07 Å². The molecular formula is C12H15IN4O4. The van der Waals surface area contributed by atoms with Gasteiger partial charge in [-0.25, -0.2) is 4.79 Å². The monoisotopic (exact) mass is 406 g/mol. The van der Waals surface area contributed by atoms with Crippen LogP contribution < -0.4 is 11.4 Å². The molecule has 8 nitrogen and oxygen atoms in total. The first-order chi connectivity index (χ1) is 10.1. The van der Waals surface area contributed by atoms with Gasteiger partial charge in [-0.2, -0.15) is 10.2 Å². The predicted molar refractivity (Wildman–Crippen MR) is 81.2 cm³/mol. The molecule has 1 aliphatic heterocycles. The number of aliphatic hydroxyl groups is 1. The number of aromatic nitrogens is 2. The molecule has 1 aromatic heterocycles. The van der Waals surface area contributed by atoms with E-state index in [4.69, 9.17) is 20.5 Å². The largest absolute Gasteiger partial charge is 0.394 e. The zero-order chi connectivity index (χ0) is 15.4. The molecule has 0 aliphatic carbocycles. The molecule has 0 saturated carbocycles. The average Bonchev–Trinajstić information content (AvgIpc) is 2.86. The first-order valence-corrected chi connectivity index (χ1v) is 7.43. The van der Waals surface area contributed by atoms with Gasteiger partial charge in [-0.15, -0.1) is 0 Å². The van der Waals surface area contributed by atoms with Gasteiger partial charge < -0.3 is 20.3 Å². The van der Waals surface area contributed by atoms with E-state index in [-0.39, 0.29) is 31.6 Å². The molecule has 0 amide bonds. The minimum Gasteiger partial charge on any atom is -0.394 e. The Morgan fingerprint density at radius 2 is 2.48 bits per heavy atom. The molecule has 114 valence electrons. The van der Waals surface area contributed by atoms with Crippen molar-refractivity contribution >= 4 is 28.4 Å². The van der Waals surface area contributed by atoms with Crippen molar-refractivity contribution in [3.05, 3.63) is 20.3 Å². The molecule has 21 heavy (non-hydrogen) atoms. The van der Waals surface area contributed by atoms with E-state index in [9.17, 15) is 9.90 Å². The summed E-state index contributed by atoms with van der Waals surface area (Å²) in [6.07, 6.45) is 0.774. The zero-order valence-electron chi connectivity index (χ0n) is 11.1. The molecule has 1 aliphatic rings. The van der Waals surface area contributed by atoms with Crippen LogP contribution in [0.15, 0.2) is 11.0 Å². The maximum absolute atomic E-state index is 11.9. The second-order valence-corrected chi connectivity index (χ2v) is 5.69. The van der Waals surface area contributed by atoms with Crippen molar-refractivity contribution in [2.75, 3.05) is 18.9 Å². The number of nitrogens with two attached hydrogens (primary N) is 1. The Labute approximate surface area is 134 Å². The second-order valence-electron chi connectivity index (χ2n) is 4.53. The summed E-state index contributed by atoms with van der Waals surface area (Å²) in [5.74, 6) is 0.176. The topological polar surface area (TPSA) is 123 Å². The zero-order valence-corrected chi connectivity index (χ0v) is 13.3. The summed E-state index contributed by atoms with van der Waals surface area (Å²) in [7, 11) is 0. The number of halogens is 1. The Bertz CT molecular complexity index is 600. The van der Waals surface area contributed by atoms with Crippen molar-refractivity contribution in [3.63, 3.8) is 0 Å². The molecule has 3 atom stereocenters. The highest BCUT2D eigenvalue weighted by Gasteiger charge is 2.37. The van der Waals surface area contributed by atoms with Crippen molar-refractivity contribution in [2.45, 2.75) is 31.3 Å². The van der Waals surface area contributed by atoms with E-state index in [0.29, 0.717) is 9.99 Å². The van der Waals surface area contributed by atoms with E-state index in [0.717, 1.165) is 0 Å². The fraction of sp³-hybridized carbons (Fsp3) is 0.583. The first-order valence-electron chi connectivity index (χ1n) is 6.35. The fourth-order valence-corrected chi connectivity index (χ4v) is 2.55. The van der Waals surface area contributed by atoms with Crippen LogP contribution in [0.1, 0.15) is 19.1 Å². The Kier molecular flexibility index (Phi) is 5.51.